The number of fused-ring (bicyclic) bond motifs is 1. The summed E-state index contributed by atoms with van der Waals surface area (Å²) in [4.78, 5) is 25.0. The molecule has 0 unspecified atom stereocenters. The highest BCUT2D eigenvalue weighted by atomic mass is 16.2. The van der Waals surface area contributed by atoms with Crippen LogP contribution >= 0.6 is 0 Å². The van der Waals surface area contributed by atoms with Gasteiger partial charge in [0.1, 0.15) is 11.3 Å². The number of aromatic nitrogens is 5. The van der Waals surface area contributed by atoms with Gasteiger partial charge < -0.3 is 4.90 Å². The maximum absolute atomic E-state index is 13.8. The van der Waals surface area contributed by atoms with Gasteiger partial charge in [-0.1, -0.05) is 42.5 Å². The van der Waals surface area contributed by atoms with Gasteiger partial charge in [0.15, 0.2) is 5.69 Å². The van der Waals surface area contributed by atoms with Gasteiger partial charge in [-0.15, -0.1) is 0 Å². The summed E-state index contributed by atoms with van der Waals surface area (Å²) in [5.74, 6) is -0.0258. The zero-order valence-electron chi connectivity index (χ0n) is 18.7. The molecule has 1 aromatic carbocycles. The highest BCUT2D eigenvalue weighted by Gasteiger charge is 2.33. The molecule has 4 aromatic heterocycles. The minimum absolute atomic E-state index is 0.0258. The summed E-state index contributed by atoms with van der Waals surface area (Å²) in [6.45, 7) is 1.37. The fraction of sp³-hybridized carbons (Fsp3) is 0.185. The van der Waals surface area contributed by atoms with Crippen molar-refractivity contribution < 1.29 is 4.79 Å². The van der Waals surface area contributed by atoms with E-state index in [1.54, 1.807) is 6.20 Å². The predicted octanol–water partition coefficient (Wildman–Crippen LogP) is 4.56. The standard InChI is InChI=1S/C27H24N6O/c34-27(25-26(20-9-2-1-3-10-20)33-16-7-5-13-24(33)29-25)32-17-8-11-21(32)19-31-18-14-23(30-31)22-12-4-6-15-28-22/h1-7,9-10,12-16,18,21H,8,11,17,19H2/t21-/m0/s1. The second-order valence-electron chi connectivity index (χ2n) is 8.54. The summed E-state index contributed by atoms with van der Waals surface area (Å²) >= 11 is 0. The van der Waals surface area contributed by atoms with E-state index in [1.165, 1.54) is 0 Å². The van der Waals surface area contributed by atoms with Crippen LogP contribution in [0.3, 0.4) is 0 Å². The average Bonchev–Trinajstić information content (AvgIpc) is 3.63. The Morgan fingerprint density at radius 2 is 1.76 bits per heavy atom. The molecule has 168 valence electrons. The van der Waals surface area contributed by atoms with Crippen LogP contribution in [-0.2, 0) is 6.54 Å². The average molecular weight is 449 g/mol. The third-order valence-electron chi connectivity index (χ3n) is 6.38. The van der Waals surface area contributed by atoms with Crippen LogP contribution in [0.4, 0.5) is 0 Å². The van der Waals surface area contributed by atoms with Crippen molar-refractivity contribution >= 4 is 11.6 Å². The summed E-state index contributed by atoms with van der Waals surface area (Å²) < 4.78 is 3.92. The van der Waals surface area contributed by atoms with Crippen molar-refractivity contribution in [3.8, 4) is 22.6 Å². The van der Waals surface area contributed by atoms with Crippen LogP contribution in [-0.4, -0.2) is 47.5 Å². The molecular formula is C27H24N6O. The largest absolute Gasteiger partial charge is 0.332 e. The number of hydrogen-bond acceptors (Lipinski definition) is 4. The number of carbonyl (C=O) groups excluding carboxylic acids is 1. The first-order chi connectivity index (χ1) is 16.8. The molecule has 0 bridgehead atoms. The lowest BCUT2D eigenvalue weighted by atomic mass is 10.1. The molecule has 0 aliphatic carbocycles. The first-order valence-corrected chi connectivity index (χ1v) is 11.6. The number of likely N-dealkylation sites (tertiary alicyclic amines) is 1. The van der Waals surface area contributed by atoms with E-state index in [1.807, 2.05) is 99.2 Å². The number of carbonyl (C=O) groups is 1. The number of imidazole rings is 1. The van der Waals surface area contributed by atoms with Crippen molar-refractivity contribution in [2.45, 2.75) is 25.4 Å². The van der Waals surface area contributed by atoms with Crippen LogP contribution in [0.2, 0.25) is 0 Å². The molecule has 6 rings (SSSR count). The number of pyridine rings is 2. The molecule has 5 heterocycles. The second kappa shape index (κ2) is 8.59. The van der Waals surface area contributed by atoms with Crippen molar-refractivity contribution in [1.29, 1.82) is 0 Å². The van der Waals surface area contributed by atoms with Crippen LogP contribution < -0.4 is 0 Å². The summed E-state index contributed by atoms with van der Waals surface area (Å²) in [5.41, 5.74) is 4.77. The fourth-order valence-corrected chi connectivity index (χ4v) is 4.78. The molecular weight excluding hydrogens is 424 g/mol. The Morgan fingerprint density at radius 3 is 2.62 bits per heavy atom. The van der Waals surface area contributed by atoms with Gasteiger partial charge in [-0.25, -0.2) is 4.98 Å². The maximum Gasteiger partial charge on any atom is 0.275 e. The zero-order valence-corrected chi connectivity index (χ0v) is 18.7. The smallest absolute Gasteiger partial charge is 0.275 e. The Hall–Kier alpha value is -4.26. The molecule has 0 saturated carbocycles. The quantitative estimate of drug-likeness (QED) is 0.395. The van der Waals surface area contributed by atoms with Gasteiger partial charge in [-0.05, 0) is 43.2 Å². The SMILES string of the molecule is O=C(c1nc2ccccn2c1-c1ccccc1)N1CCC[C@H]1Cn1ccc(-c2ccccn2)n1. The number of nitrogens with zero attached hydrogens (tertiary/aromatic N) is 6. The Kier molecular flexibility index (Phi) is 5.14. The first-order valence-electron chi connectivity index (χ1n) is 11.6. The highest BCUT2D eigenvalue weighted by Crippen LogP contribution is 2.29. The van der Waals surface area contributed by atoms with Gasteiger partial charge in [0.25, 0.3) is 5.91 Å². The Morgan fingerprint density at radius 1 is 0.912 bits per heavy atom. The molecule has 0 N–H and O–H groups in total. The molecule has 1 aliphatic heterocycles. The van der Waals surface area contributed by atoms with E-state index >= 15 is 0 Å². The molecule has 1 amide bonds. The van der Waals surface area contributed by atoms with Crippen LogP contribution in [0.1, 0.15) is 23.3 Å². The third kappa shape index (κ3) is 3.65. The second-order valence-corrected chi connectivity index (χ2v) is 8.54. The molecule has 1 fully saturated rings. The molecule has 7 nitrogen and oxygen atoms in total. The van der Waals surface area contributed by atoms with Crippen LogP contribution in [0.25, 0.3) is 28.3 Å². The van der Waals surface area contributed by atoms with Crippen molar-refractivity contribution in [3.05, 3.63) is 97.1 Å². The lowest BCUT2D eigenvalue weighted by Gasteiger charge is -2.24. The lowest BCUT2D eigenvalue weighted by molar-refractivity contribution is 0.0717. The van der Waals surface area contributed by atoms with E-state index in [-0.39, 0.29) is 11.9 Å². The van der Waals surface area contributed by atoms with E-state index < -0.39 is 0 Å². The Balaban J connectivity index is 1.31. The van der Waals surface area contributed by atoms with Crippen molar-refractivity contribution in [2.75, 3.05) is 6.54 Å². The molecule has 7 heteroatoms. The molecule has 34 heavy (non-hydrogen) atoms. The summed E-state index contributed by atoms with van der Waals surface area (Å²) in [7, 11) is 0. The van der Waals surface area contributed by atoms with Crippen molar-refractivity contribution in [1.82, 2.24) is 29.0 Å². The van der Waals surface area contributed by atoms with Crippen LogP contribution in [0.15, 0.2) is 91.4 Å². The number of hydrogen-bond donors (Lipinski definition) is 0. The van der Waals surface area contributed by atoms with E-state index in [4.69, 9.17) is 10.1 Å². The van der Waals surface area contributed by atoms with Gasteiger partial charge in [0, 0.05) is 30.7 Å². The van der Waals surface area contributed by atoms with Gasteiger partial charge >= 0.3 is 0 Å². The van der Waals surface area contributed by atoms with E-state index in [9.17, 15) is 4.79 Å². The van der Waals surface area contributed by atoms with E-state index in [2.05, 4.69) is 4.98 Å². The van der Waals surface area contributed by atoms with Crippen molar-refractivity contribution in [2.24, 2.45) is 0 Å². The third-order valence-corrected chi connectivity index (χ3v) is 6.38. The molecule has 1 atom stereocenters. The van der Waals surface area contributed by atoms with Crippen LogP contribution in [0.5, 0.6) is 0 Å². The minimum atomic E-state index is -0.0258. The van der Waals surface area contributed by atoms with Gasteiger partial charge in [-0.2, -0.15) is 5.10 Å². The monoisotopic (exact) mass is 448 g/mol. The summed E-state index contributed by atoms with van der Waals surface area (Å²) in [6, 6.07) is 23.7. The summed E-state index contributed by atoms with van der Waals surface area (Å²) in [6.07, 6.45) is 7.61. The van der Waals surface area contributed by atoms with Crippen molar-refractivity contribution in [3.63, 3.8) is 0 Å². The number of benzene rings is 1. The normalized spacial score (nSPS) is 15.8. The topological polar surface area (TPSA) is 68.3 Å². The van der Waals surface area contributed by atoms with Crippen LogP contribution in [0, 0.1) is 0 Å². The number of amides is 1. The first kappa shape index (κ1) is 20.4. The molecule has 0 spiro atoms. The van der Waals surface area contributed by atoms with Gasteiger partial charge in [-0.3, -0.25) is 18.9 Å². The Bertz CT molecular complexity index is 1440. The molecule has 5 aromatic rings. The minimum Gasteiger partial charge on any atom is -0.332 e. The molecule has 1 saturated heterocycles. The maximum atomic E-state index is 13.8. The lowest BCUT2D eigenvalue weighted by Crippen LogP contribution is -2.38. The Labute approximate surface area is 197 Å². The summed E-state index contributed by atoms with van der Waals surface area (Å²) in [5, 5.41) is 4.71. The van der Waals surface area contributed by atoms with Gasteiger partial charge in [0.05, 0.1) is 24.0 Å². The predicted molar refractivity (Wildman–Crippen MR) is 130 cm³/mol. The molecule has 0 radical (unpaired) electrons. The van der Waals surface area contributed by atoms with E-state index in [0.717, 1.165) is 47.7 Å². The van der Waals surface area contributed by atoms with Gasteiger partial charge in [0.2, 0.25) is 0 Å². The highest BCUT2D eigenvalue weighted by molar-refractivity contribution is 5.99. The zero-order chi connectivity index (χ0) is 22.9. The fourth-order valence-electron chi connectivity index (χ4n) is 4.78. The van der Waals surface area contributed by atoms with E-state index in [0.29, 0.717) is 12.2 Å². The molecule has 1 aliphatic rings. The number of rotatable bonds is 5.